The molecule has 0 radical (unpaired) electrons. The number of sulfonamides is 1. The third-order valence-corrected chi connectivity index (χ3v) is 6.04. The first-order valence-electron chi connectivity index (χ1n) is 7.55. The molecule has 2 heterocycles. The van der Waals surface area contributed by atoms with Gasteiger partial charge >= 0.3 is 5.97 Å². The number of rotatable bonds is 4. The Morgan fingerprint density at radius 2 is 1.96 bits per heavy atom. The van der Waals surface area contributed by atoms with E-state index in [9.17, 15) is 18.3 Å². The lowest BCUT2D eigenvalue weighted by Gasteiger charge is -2.22. The minimum Gasteiger partial charge on any atom is -0.480 e. The van der Waals surface area contributed by atoms with Crippen molar-refractivity contribution in [2.24, 2.45) is 5.41 Å². The number of carboxylic acid groups (broad SMARTS) is 1. The van der Waals surface area contributed by atoms with Crippen LogP contribution in [-0.4, -0.2) is 46.2 Å². The van der Waals surface area contributed by atoms with Crippen molar-refractivity contribution >= 4 is 16.0 Å². The Morgan fingerprint density at radius 3 is 2.50 bits per heavy atom. The largest absolute Gasteiger partial charge is 0.480 e. The third-order valence-electron chi connectivity index (χ3n) is 4.17. The van der Waals surface area contributed by atoms with E-state index in [-0.39, 0.29) is 16.9 Å². The van der Waals surface area contributed by atoms with Gasteiger partial charge in [0.2, 0.25) is 10.0 Å². The van der Waals surface area contributed by atoms with E-state index in [2.05, 4.69) is 5.10 Å². The van der Waals surface area contributed by atoms with Crippen LogP contribution in [0.5, 0.6) is 0 Å². The topological polar surface area (TPSA) is 92.5 Å². The molecule has 1 aromatic carbocycles. The fraction of sp³-hybridized carbons (Fsp3) is 0.375. The maximum atomic E-state index is 12.9. The number of aliphatic carboxylic acids is 1. The van der Waals surface area contributed by atoms with Crippen molar-refractivity contribution in [2.75, 3.05) is 6.54 Å². The second kappa shape index (κ2) is 5.71. The van der Waals surface area contributed by atoms with Gasteiger partial charge in [-0.3, -0.25) is 4.79 Å². The minimum absolute atomic E-state index is 0.0855. The van der Waals surface area contributed by atoms with Gasteiger partial charge < -0.3 is 5.11 Å². The van der Waals surface area contributed by atoms with Crippen LogP contribution in [0.1, 0.15) is 20.3 Å². The van der Waals surface area contributed by atoms with Crippen molar-refractivity contribution in [1.82, 2.24) is 14.1 Å². The fourth-order valence-corrected chi connectivity index (χ4v) is 4.78. The molecule has 0 aliphatic carbocycles. The van der Waals surface area contributed by atoms with Crippen LogP contribution in [0.25, 0.3) is 5.69 Å². The molecule has 1 unspecified atom stereocenters. The van der Waals surface area contributed by atoms with Crippen LogP contribution in [-0.2, 0) is 14.8 Å². The normalized spacial score (nSPS) is 21.0. The second-order valence-electron chi connectivity index (χ2n) is 6.72. The highest BCUT2D eigenvalue weighted by molar-refractivity contribution is 7.89. The summed E-state index contributed by atoms with van der Waals surface area (Å²) >= 11 is 0. The number of hydrogen-bond acceptors (Lipinski definition) is 4. The Kier molecular flexibility index (Phi) is 3.97. The zero-order valence-corrected chi connectivity index (χ0v) is 14.3. The van der Waals surface area contributed by atoms with E-state index < -0.39 is 22.0 Å². The molecule has 1 N–H and O–H groups in total. The molecule has 8 heteroatoms. The molecule has 1 aliphatic heterocycles. The summed E-state index contributed by atoms with van der Waals surface area (Å²) in [4.78, 5) is 11.6. The van der Waals surface area contributed by atoms with Crippen molar-refractivity contribution in [2.45, 2.75) is 31.2 Å². The summed E-state index contributed by atoms with van der Waals surface area (Å²) in [5.74, 6) is -1.11. The highest BCUT2D eigenvalue weighted by atomic mass is 32.2. The lowest BCUT2D eigenvalue weighted by Crippen LogP contribution is -2.40. The van der Waals surface area contributed by atoms with Gasteiger partial charge in [0.25, 0.3) is 0 Å². The zero-order chi connectivity index (χ0) is 17.5. The first-order valence-corrected chi connectivity index (χ1v) is 8.99. The molecule has 24 heavy (non-hydrogen) atoms. The van der Waals surface area contributed by atoms with E-state index in [1.807, 2.05) is 13.8 Å². The van der Waals surface area contributed by atoms with Gasteiger partial charge in [0.1, 0.15) is 6.04 Å². The number of carbonyl (C=O) groups is 1. The van der Waals surface area contributed by atoms with Gasteiger partial charge in [0.15, 0.2) is 0 Å². The molecule has 0 bridgehead atoms. The van der Waals surface area contributed by atoms with Crippen molar-refractivity contribution < 1.29 is 18.3 Å². The van der Waals surface area contributed by atoms with Crippen LogP contribution in [0.3, 0.4) is 0 Å². The van der Waals surface area contributed by atoms with Gasteiger partial charge in [-0.2, -0.15) is 9.40 Å². The van der Waals surface area contributed by atoms with E-state index in [1.165, 1.54) is 12.1 Å². The predicted molar refractivity (Wildman–Crippen MR) is 87.3 cm³/mol. The van der Waals surface area contributed by atoms with E-state index in [4.69, 9.17) is 0 Å². The maximum absolute atomic E-state index is 12.9. The predicted octanol–water partition coefficient (Wildman–Crippen LogP) is 1.75. The van der Waals surface area contributed by atoms with Crippen LogP contribution in [0.2, 0.25) is 0 Å². The standard InChI is InChI=1S/C16H19N3O4S/c1-16(2)10-14(15(20)21)19(11-16)24(22,23)13-6-4-12(5-7-13)18-9-3-8-17-18/h3-9,14H,10-11H2,1-2H3,(H,20,21). The minimum atomic E-state index is -3.87. The van der Waals surface area contributed by atoms with Gasteiger partial charge in [-0.05, 0) is 42.2 Å². The molecule has 0 spiro atoms. The maximum Gasteiger partial charge on any atom is 0.322 e. The zero-order valence-electron chi connectivity index (χ0n) is 13.5. The highest BCUT2D eigenvalue weighted by Crippen LogP contribution is 2.37. The molecule has 1 fully saturated rings. The van der Waals surface area contributed by atoms with Gasteiger partial charge in [-0.25, -0.2) is 13.1 Å². The third kappa shape index (κ3) is 2.94. The monoisotopic (exact) mass is 349 g/mol. The molecule has 1 atom stereocenters. The summed E-state index contributed by atoms with van der Waals surface area (Å²) in [7, 11) is -3.87. The van der Waals surface area contributed by atoms with Crippen LogP contribution in [0, 0.1) is 5.41 Å². The molecule has 1 aromatic heterocycles. The number of aromatic nitrogens is 2. The molecule has 2 aromatic rings. The Hall–Kier alpha value is -2.19. The van der Waals surface area contributed by atoms with Crippen molar-refractivity contribution in [3.05, 3.63) is 42.7 Å². The summed E-state index contributed by atoms with van der Waals surface area (Å²) in [6, 6.07) is 7.01. The smallest absolute Gasteiger partial charge is 0.322 e. The number of carboxylic acids is 1. The van der Waals surface area contributed by atoms with Crippen LogP contribution in [0.15, 0.2) is 47.6 Å². The van der Waals surface area contributed by atoms with Crippen LogP contribution in [0.4, 0.5) is 0 Å². The molecule has 0 amide bonds. The Labute approximate surface area is 140 Å². The molecule has 0 saturated carbocycles. The van der Waals surface area contributed by atoms with E-state index in [0.29, 0.717) is 6.42 Å². The van der Waals surface area contributed by atoms with Crippen molar-refractivity contribution in [1.29, 1.82) is 0 Å². The Morgan fingerprint density at radius 1 is 1.29 bits per heavy atom. The summed E-state index contributed by atoms with van der Waals surface area (Å²) < 4.78 is 28.5. The van der Waals surface area contributed by atoms with E-state index in [0.717, 1.165) is 9.99 Å². The van der Waals surface area contributed by atoms with Crippen molar-refractivity contribution in [3.8, 4) is 5.69 Å². The van der Waals surface area contributed by atoms with Gasteiger partial charge in [-0.15, -0.1) is 0 Å². The van der Waals surface area contributed by atoms with Crippen molar-refractivity contribution in [3.63, 3.8) is 0 Å². The first-order chi connectivity index (χ1) is 11.2. The molecular formula is C16H19N3O4S. The molecule has 128 valence electrons. The number of benzene rings is 1. The average Bonchev–Trinajstić information content (AvgIpc) is 3.15. The molecule has 1 saturated heterocycles. The SMILES string of the molecule is CC1(C)CC(C(=O)O)N(S(=O)(=O)c2ccc(-n3cccn3)cc2)C1. The van der Waals surface area contributed by atoms with E-state index >= 15 is 0 Å². The first kappa shape index (κ1) is 16.7. The highest BCUT2D eigenvalue weighted by Gasteiger charge is 2.47. The number of hydrogen-bond donors (Lipinski definition) is 1. The van der Waals surface area contributed by atoms with Gasteiger partial charge in [-0.1, -0.05) is 13.8 Å². The van der Waals surface area contributed by atoms with Crippen LogP contribution >= 0.6 is 0 Å². The van der Waals surface area contributed by atoms with E-state index in [1.54, 1.807) is 35.3 Å². The molecular weight excluding hydrogens is 330 g/mol. The number of nitrogens with zero attached hydrogens (tertiary/aromatic N) is 3. The quantitative estimate of drug-likeness (QED) is 0.908. The molecule has 3 rings (SSSR count). The average molecular weight is 349 g/mol. The lowest BCUT2D eigenvalue weighted by molar-refractivity contribution is -0.140. The summed E-state index contributed by atoms with van der Waals surface area (Å²) in [6.45, 7) is 3.94. The molecule has 7 nitrogen and oxygen atoms in total. The summed E-state index contributed by atoms with van der Waals surface area (Å²) in [6.07, 6.45) is 3.69. The lowest BCUT2D eigenvalue weighted by atomic mass is 9.91. The Bertz CT molecular complexity index is 842. The van der Waals surface area contributed by atoms with Crippen LogP contribution < -0.4 is 0 Å². The second-order valence-corrected chi connectivity index (χ2v) is 8.61. The fourth-order valence-electron chi connectivity index (χ4n) is 3.01. The summed E-state index contributed by atoms with van der Waals surface area (Å²) in [5, 5.41) is 13.5. The van der Waals surface area contributed by atoms with Gasteiger partial charge in [0.05, 0.1) is 10.6 Å². The van der Waals surface area contributed by atoms with Gasteiger partial charge in [0, 0.05) is 18.9 Å². The molecule has 1 aliphatic rings. The Balaban J connectivity index is 1.94. The summed E-state index contributed by atoms with van der Waals surface area (Å²) in [5.41, 5.74) is 0.362.